The molecule has 2 aromatic rings. The lowest BCUT2D eigenvalue weighted by atomic mass is 9.98. The normalized spacial score (nSPS) is 11.2. The van der Waals surface area contributed by atoms with Crippen molar-refractivity contribution in [2.75, 3.05) is 26.6 Å². The average Bonchev–Trinajstić information content (AvgIpc) is 2.67. The summed E-state index contributed by atoms with van der Waals surface area (Å²) in [6.45, 7) is 4.35. The van der Waals surface area contributed by atoms with Crippen molar-refractivity contribution in [3.05, 3.63) is 53.1 Å². The lowest BCUT2D eigenvalue weighted by molar-refractivity contribution is 0.103. The third-order valence-corrected chi connectivity index (χ3v) is 4.01. The maximum Gasteiger partial charge on any atom is 0.189 e. The smallest absolute Gasteiger partial charge is 0.189 e. The highest BCUT2D eigenvalue weighted by molar-refractivity contribution is 6.12. The van der Waals surface area contributed by atoms with Crippen LogP contribution in [0.1, 0.15) is 36.2 Å². The van der Waals surface area contributed by atoms with Gasteiger partial charge in [0, 0.05) is 16.7 Å². The monoisotopic (exact) mass is 355 g/mol. The number of allylic oxidation sites excluding steroid dienone is 1. The number of hydrogen-bond acceptors (Lipinski definition) is 5. The highest BCUT2D eigenvalue weighted by Gasteiger charge is 2.14. The first-order valence-corrected chi connectivity index (χ1v) is 8.53. The van der Waals surface area contributed by atoms with Gasteiger partial charge in [0.1, 0.15) is 17.2 Å². The molecule has 138 valence electrons. The fourth-order valence-electron chi connectivity index (χ4n) is 2.63. The Bertz CT molecular complexity index is 812. The first-order chi connectivity index (χ1) is 12.5. The third kappa shape index (κ3) is 4.36. The molecule has 2 rings (SSSR count). The van der Waals surface area contributed by atoms with Gasteiger partial charge in [-0.25, -0.2) is 0 Å². The zero-order chi connectivity index (χ0) is 19.1. The van der Waals surface area contributed by atoms with Crippen LogP contribution in [-0.4, -0.2) is 26.6 Å². The number of benzene rings is 2. The van der Waals surface area contributed by atoms with Crippen molar-refractivity contribution in [3.8, 4) is 17.2 Å². The molecule has 0 unspecified atom stereocenters. The molecule has 2 aromatic carbocycles. The van der Waals surface area contributed by atoms with Crippen LogP contribution in [-0.2, 0) is 0 Å². The van der Waals surface area contributed by atoms with Crippen molar-refractivity contribution in [3.63, 3.8) is 0 Å². The molecule has 0 bridgehead atoms. The van der Waals surface area contributed by atoms with Crippen molar-refractivity contribution in [1.82, 2.24) is 0 Å². The number of ether oxygens (including phenoxy) is 3. The first-order valence-electron chi connectivity index (χ1n) is 8.53. The number of rotatable bonds is 8. The predicted octanol–water partition coefficient (Wildman–Crippen LogP) is 4.36. The highest BCUT2D eigenvalue weighted by atomic mass is 16.5. The Morgan fingerprint density at radius 1 is 1.04 bits per heavy atom. The van der Waals surface area contributed by atoms with Gasteiger partial charge in [-0.3, -0.25) is 4.79 Å². The molecule has 0 fully saturated rings. The summed E-state index contributed by atoms with van der Waals surface area (Å²) in [5.74, 6) is 1.88. The maximum atomic E-state index is 12.9. The number of methoxy groups -OCH3 is 2. The molecule has 5 nitrogen and oxygen atoms in total. The SMILES string of the molecule is CCOc1ccc(C(=O)C(=Cc2cc(OC)ccc2OC)CC)cc1N. The molecule has 0 aromatic heterocycles. The Balaban J connectivity index is 2.40. The highest BCUT2D eigenvalue weighted by Crippen LogP contribution is 2.29. The van der Waals surface area contributed by atoms with Crippen molar-refractivity contribution in [2.45, 2.75) is 20.3 Å². The van der Waals surface area contributed by atoms with Crippen LogP contribution in [0.4, 0.5) is 5.69 Å². The van der Waals surface area contributed by atoms with Crippen LogP contribution in [0.5, 0.6) is 17.2 Å². The van der Waals surface area contributed by atoms with E-state index in [9.17, 15) is 4.79 Å². The Labute approximate surface area is 154 Å². The molecule has 0 amide bonds. The minimum atomic E-state index is -0.0767. The van der Waals surface area contributed by atoms with E-state index in [1.165, 1.54) is 0 Å². The summed E-state index contributed by atoms with van der Waals surface area (Å²) in [6.07, 6.45) is 2.41. The minimum absolute atomic E-state index is 0.0767. The summed E-state index contributed by atoms with van der Waals surface area (Å²) in [7, 11) is 3.20. The van der Waals surface area contributed by atoms with Crippen LogP contribution in [0.3, 0.4) is 0 Å². The van der Waals surface area contributed by atoms with E-state index in [1.54, 1.807) is 32.4 Å². The van der Waals surface area contributed by atoms with Gasteiger partial charge >= 0.3 is 0 Å². The van der Waals surface area contributed by atoms with Gasteiger partial charge in [0.05, 0.1) is 26.5 Å². The Morgan fingerprint density at radius 2 is 1.77 bits per heavy atom. The van der Waals surface area contributed by atoms with Crippen LogP contribution in [0, 0.1) is 0 Å². The number of anilines is 1. The lowest BCUT2D eigenvalue weighted by Crippen LogP contribution is -2.05. The summed E-state index contributed by atoms with van der Waals surface area (Å²) in [4.78, 5) is 12.9. The van der Waals surface area contributed by atoms with Gasteiger partial charge in [-0.15, -0.1) is 0 Å². The summed E-state index contributed by atoms with van der Waals surface area (Å²) in [5, 5.41) is 0. The second-order valence-corrected chi connectivity index (χ2v) is 5.65. The first kappa shape index (κ1) is 19.4. The fraction of sp³-hybridized carbons (Fsp3) is 0.286. The second-order valence-electron chi connectivity index (χ2n) is 5.65. The molecule has 0 saturated carbocycles. The van der Waals surface area contributed by atoms with E-state index in [0.717, 1.165) is 5.56 Å². The predicted molar refractivity (Wildman–Crippen MR) is 104 cm³/mol. The second kappa shape index (κ2) is 8.94. The van der Waals surface area contributed by atoms with E-state index >= 15 is 0 Å². The van der Waals surface area contributed by atoms with Gasteiger partial charge in [0.25, 0.3) is 0 Å². The zero-order valence-corrected chi connectivity index (χ0v) is 15.7. The molecule has 2 N–H and O–H groups in total. The van der Waals surface area contributed by atoms with Crippen LogP contribution in [0.2, 0.25) is 0 Å². The molecular formula is C21H25NO4. The van der Waals surface area contributed by atoms with Crippen molar-refractivity contribution >= 4 is 17.5 Å². The lowest BCUT2D eigenvalue weighted by Gasteiger charge is -2.11. The Morgan fingerprint density at radius 3 is 2.35 bits per heavy atom. The van der Waals surface area contributed by atoms with Crippen LogP contribution < -0.4 is 19.9 Å². The Hall–Kier alpha value is -2.95. The molecule has 5 heteroatoms. The van der Waals surface area contributed by atoms with Crippen LogP contribution >= 0.6 is 0 Å². The molecule has 0 heterocycles. The largest absolute Gasteiger partial charge is 0.497 e. The molecular weight excluding hydrogens is 330 g/mol. The molecule has 26 heavy (non-hydrogen) atoms. The van der Waals surface area contributed by atoms with Gasteiger partial charge in [-0.1, -0.05) is 6.92 Å². The minimum Gasteiger partial charge on any atom is -0.497 e. The number of Topliss-reactive ketones (excluding diaryl/α,β-unsaturated/α-hetero) is 1. The number of ketones is 1. The zero-order valence-electron chi connectivity index (χ0n) is 15.7. The van der Waals surface area contributed by atoms with E-state index < -0.39 is 0 Å². The van der Waals surface area contributed by atoms with Crippen LogP contribution in [0.15, 0.2) is 42.0 Å². The van der Waals surface area contributed by atoms with Gasteiger partial charge < -0.3 is 19.9 Å². The van der Waals surface area contributed by atoms with E-state index in [4.69, 9.17) is 19.9 Å². The molecule has 0 aliphatic carbocycles. The van der Waals surface area contributed by atoms with Gasteiger partial charge in [0.15, 0.2) is 5.78 Å². The number of carbonyl (C=O) groups is 1. The number of nitrogens with two attached hydrogens (primary N) is 1. The molecule has 0 aliphatic rings. The number of carbonyl (C=O) groups excluding carboxylic acids is 1. The van der Waals surface area contributed by atoms with Crippen molar-refractivity contribution in [2.24, 2.45) is 0 Å². The van der Waals surface area contributed by atoms with E-state index in [1.807, 2.05) is 38.1 Å². The summed E-state index contributed by atoms with van der Waals surface area (Å²) < 4.78 is 16.1. The summed E-state index contributed by atoms with van der Waals surface area (Å²) in [6, 6.07) is 10.6. The molecule has 0 saturated heterocycles. The maximum absolute atomic E-state index is 12.9. The summed E-state index contributed by atoms with van der Waals surface area (Å²) >= 11 is 0. The molecule has 0 aliphatic heterocycles. The van der Waals surface area contributed by atoms with Crippen molar-refractivity contribution in [1.29, 1.82) is 0 Å². The fourth-order valence-corrected chi connectivity index (χ4v) is 2.63. The van der Waals surface area contributed by atoms with E-state index in [2.05, 4.69) is 0 Å². The van der Waals surface area contributed by atoms with E-state index in [0.29, 0.717) is 47.1 Å². The van der Waals surface area contributed by atoms with Gasteiger partial charge in [-0.2, -0.15) is 0 Å². The van der Waals surface area contributed by atoms with Crippen molar-refractivity contribution < 1.29 is 19.0 Å². The summed E-state index contributed by atoms with van der Waals surface area (Å²) in [5.41, 5.74) is 8.41. The topological polar surface area (TPSA) is 70.8 Å². The van der Waals surface area contributed by atoms with Gasteiger partial charge in [-0.05, 0) is 55.8 Å². The third-order valence-electron chi connectivity index (χ3n) is 4.01. The van der Waals surface area contributed by atoms with E-state index in [-0.39, 0.29) is 5.78 Å². The Kier molecular flexibility index (Phi) is 6.67. The van der Waals surface area contributed by atoms with Crippen LogP contribution in [0.25, 0.3) is 6.08 Å². The molecule has 0 radical (unpaired) electrons. The number of nitrogen functional groups attached to an aromatic ring is 1. The van der Waals surface area contributed by atoms with Gasteiger partial charge in [0.2, 0.25) is 0 Å². The molecule has 0 atom stereocenters. The number of hydrogen-bond donors (Lipinski definition) is 1. The molecule has 0 spiro atoms. The average molecular weight is 355 g/mol. The quantitative estimate of drug-likeness (QED) is 0.433. The standard InChI is InChI=1S/C21H25NO4/c1-5-14(11-16-12-17(24-3)8-10-19(16)25-4)21(23)15-7-9-20(26-6-2)18(22)13-15/h7-13H,5-6,22H2,1-4H3.